The topological polar surface area (TPSA) is 62.6 Å². The maximum atomic E-state index is 12.4. The van der Waals surface area contributed by atoms with Crippen molar-refractivity contribution in [2.45, 2.75) is 44.7 Å². The van der Waals surface area contributed by atoms with E-state index in [1.165, 1.54) is 4.31 Å². The number of nitrogens with zero attached hydrogens (tertiary/aromatic N) is 1. The number of sulfonamides is 1. The number of aryl methyl sites for hydroxylation is 1. The van der Waals surface area contributed by atoms with Crippen molar-refractivity contribution in [1.29, 1.82) is 0 Å². The second-order valence-electron chi connectivity index (χ2n) is 4.44. The van der Waals surface area contributed by atoms with Crippen molar-refractivity contribution in [3.8, 4) is 0 Å². The highest BCUT2D eigenvalue weighted by Gasteiger charge is 2.28. The Kier molecular flexibility index (Phi) is 4.95. The van der Waals surface area contributed by atoms with E-state index in [0.717, 1.165) is 6.42 Å². The van der Waals surface area contributed by atoms with E-state index < -0.39 is 10.0 Å². The third kappa shape index (κ3) is 2.93. The first-order chi connectivity index (χ1) is 8.34. The van der Waals surface area contributed by atoms with Crippen LogP contribution < -0.4 is 5.32 Å². The Hall–Kier alpha value is -0.850. The molecule has 1 rings (SSSR count). The van der Waals surface area contributed by atoms with E-state index in [4.69, 9.17) is 4.42 Å². The Morgan fingerprint density at radius 3 is 2.61 bits per heavy atom. The number of nitrogens with one attached hydrogen (secondary N) is 1. The maximum Gasteiger partial charge on any atom is 0.246 e. The molecule has 1 unspecified atom stereocenters. The molecule has 104 valence electrons. The van der Waals surface area contributed by atoms with Crippen LogP contribution in [0.2, 0.25) is 0 Å². The van der Waals surface area contributed by atoms with Crippen molar-refractivity contribution in [2.24, 2.45) is 0 Å². The van der Waals surface area contributed by atoms with Crippen molar-refractivity contribution >= 4 is 10.0 Å². The van der Waals surface area contributed by atoms with Crippen LogP contribution in [-0.2, 0) is 16.6 Å². The quantitative estimate of drug-likeness (QED) is 0.858. The van der Waals surface area contributed by atoms with Gasteiger partial charge < -0.3 is 9.73 Å². The van der Waals surface area contributed by atoms with Gasteiger partial charge in [0.1, 0.15) is 16.4 Å². The van der Waals surface area contributed by atoms with E-state index in [-0.39, 0.29) is 10.9 Å². The van der Waals surface area contributed by atoms with Gasteiger partial charge in [0.2, 0.25) is 10.0 Å². The third-order valence-electron chi connectivity index (χ3n) is 3.14. The Morgan fingerprint density at radius 1 is 1.50 bits per heavy atom. The van der Waals surface area contributed by atoms with Gasteiger partial charge in [-0.25, -0.2) is 8.42 Å². The molecule has 0 saturated heterocycles. The van der Waals surface area contributed by atoms with Crippen LogP contribution in [0.3, 0.4) is 0 Å². The minimum atomic E-state index is -3.47. The molecule has 0 bridgehead atoms. The highest BCUT2D eigenvalue weighted by atomic mass is 32.2. The van der Waals surface area contributed by atoms with Crippen molar-refractivity contribution in [1.82, 2.24) is 9.62 Å². The molecule has 1 aromatic rings. The molecule has 1 aromatic heterocycles. The van der Waals surface area contributed by atoms with E-state index in [2.05, 4.69) is 5.32 Å². The van der Waals surface area contributed by atoms with Crippen LogP contribution in [0.5, 0.6) is 0 Å². The molecule has 18 heavy (non-hydrogen) atoms. The normalized spacial score (nSPS) is 14.1. The highest BCUT2D eigenvalue weighted by Crippen LogP contribution is 2.24. The van der Waals surface area contributed by atoms with Crippen LogP contribution in [0, 0.1) is 6.92 Å². The van der Waals surface area contributed by atoms with Gasteiger partial charge >= 0.3 is 0 Å². The zero-order valence-corrected chi connectivity index (χ0v) is 12.5. The van der Waals surface area contributed by atoms with Crippen LogP contribution in [0.15, 0.2) is 15.4 Å². The van der Waals surface area contributed by atoms with Crippen LogP contribution in [0.4, 0.5) is 0 Å². The van der Waals surface area contributed by atoms with Gasteiger partial charge in [0.15, 0.2) is 0 Å². The van der Waals surface area contributed by atoms with Crippen molar-refractivity contribution in [3.05, 3.63) is 17.6 Å². The number of rotatable bonds is 6. The molecule has 0 aliphatic heterocycles. The van der Waals surface area contributed by atoms with Gasteiger partial charge in [-0.2, -0.15) is 4.31 Å². The number of hydrogen-bond acceptors (Lipinski definition) is 4. The first-order valence-corrected chi connectivity index (χ1v) is 7.50. The monoisotopic (exact) mass is 274 g/mol. The van der Waals surface area contributed by atoms with E-state index in [0.29, 0.717) is 18.1 Å². The molecule has 0 aromatic carbocycles. The Labute approximate surface area is 109 Å². The Bertz CT molecular complexity index is 493. The van der Waals surface area contributed by atoms with E-state index in [1.807, 2.05) is 13.8 Å². The summed E-state index contributed by atoms with van der Waals surface area (Å²) in [7, 11) is -0.0728. The van der Waals surface area contributed by atoms with Gasteiger partial charge in [-0.3, -0.25) is 0 Å². The summed E-state index contributed by atoms with van der Waals surface area (Å²) in [4.78, 5) is 0.260. The SMILES string of the molecule is CCC(C)N(C)S(=O)(=O)c1cc(CNC)oc1C. The molecule has 0 aliphatic rings. The number of hydrogen-bond donors (Lipinski definition) is 1. The molecule has 1 atom stereocenters. The van der Waals surface area contributed by atoms with Crippen molar-refractivity contribution in [2.75, 3.05) is 14.1 Å². The summed E-state index contributed by atoms with van der Waals surface area (Å²) >= 11 is 0. The summed E-state index contributed by atoms with van der Waals surface area (Å²) in [6.45, 7) is 6.05. The maximum absolute atomic E-state index is 12.4. The molecule has 0 amide bonds. The second-order valence-corrected chi connectivity index (χ2v) is 6.41. The summed E-state index contributed by atoms with van der Waals surface area (Å²) in [6, 6.07) is 1.57. The molecule has 1 N–H and O–H groups in total. The first kappa shape index (κ1) is 15.2. The number of furan rings is 1. The van der Waals surface area contributed by atoms with Crippen LogP contribution in [-0.4, -0.2) is 32.9 Å². The smallest absolute Gasteiger partial charge is 0.246 e. The lowest BCUT2D eigenvalue weighted by Crippen LogP contribution is -2.34. The first-order valence-electron chi connectivity index (χ1n) is 6.06. The molecule has 6 heteroatoms. The second kappa shape index (κ2) is 5.86. The summed E-state index contributed by atoms with van der Waals surface area (Å²) in [6.07, 6.45) is 0.774. The minimum absolute atomic E-state index is 0.0305. The predicted octanol–water partition coefficient (Wildman–Crippen LogP) is 1.73. The molecule has 0 saturated carbocycles. The average molecular weight is 274 g/mol. The van der Waals surface area contributed by atoms with Gasteiger partial charge in [-0.05, 0) is 27.3 Å². The van der Waals surface area contributed by atoms with Gasteiger partial charge in [-0.1, -0.05) is 6.92 Å². The molecule has 0 radical (unpaired) electrons. The molecule has 5 nitrogen and oxygen atoms in total. The average Bonchev–Trinajstić information content (AvgIpc) is 2.69. The van der Waals surface area contributed by atoms with Crippen molar-refractivity contribution in [3.63, 3.8) is 0 Å². The third-order valence-corrected chi connectivity index (χ3v) is 5.22. The fourth-order valence-corrected chi connectivity index (χ4v) is 3.31. The lowest BCUT2D eigenvalue weighted by Gasteiger charge is -2.22. The molecular weight excluding hydrogens is 252 g/mol. The molecule has 0 aliphatic carbocycles. The van der Waals surface area contributed by atoms with Crippen LogP contribution >= 0.6 is 0 Å². The van der Waals surface area contributed by atoms with Gasteiger partial charge in [-0.15, -0.1) is 0 Å². The molecule has 1 heterocycles. The lowest BCUT2D eigenvalue weighted by molar-refractivity contribution is 0.379. The minimum Gasteiger partial charge on any atom is -0.464 e. The molecule has 0 fully saturated rings. The van der Waals surface area contributed by atoms with Gasteiger partial charge in [0, 0.05) is 19.2 Å². The summed E-state index contributed by atoms with van der Waals surface area (Å²) in [5.41, 5.74) is 0. The fourth-order valence-electron chi connectivity index (χ4n) is 1.69. The molecular formula is C12H22N2O3S. The fraction of sp³-hybridized carbons (Fsp3) is 0.667. The van der Waals surface area contributed by atoms with Crippen LogP contribution in [0.1, 0.15) is 31.8 Å². The Morgan fingerprint density at radius 2 is 2.11 bits per heavy atom. The highest BCUT2D eigenvalue weighted by molar-refractivity contribution is 7.89. The Balaban J connectivity index is 3.12. The van der Waals surface area contributed by atoms with Gasteiger partial charge in [0.05, 0.1) is 6.54 Å². The summed E-state index contributed by atoms with van der Waals surface area (Å²) in [5.74, 6) is 1.07. The predicted molar refractivity (Wildman–Crippen MR) is 70.9 cm³/mol. The zero-order chi connectivity index (χ0) is 13.9. The lowest BCUT2D eigenvalue weighted by atomic mass is 10.3. The van der Waals surface area contributed by atoms with E-state index >= 15 is 0 Å². The largest absolute Gasteiger partial charge is 0.464 e. The summed E-state index contributed by atoms with van der Waals surface area (Å²) < 4.78 is 31.7. The molecule has 0 spiro atoms. The standard InChI is InChI=1S/C12H22N2O3S/c1-6-9(2)14(5)18(15,16)12-7-11(8-13-4)17-10(12)3/h7,9,13H,6,8H2,1-5H3. The van der Waals surface area contributed by atoms with Crippen molar-refractivity contribution < 1.29 is 12.8 Å². The van der Waals surface area contributed by atoms with E-state index in [9.17, 15) is 8.42 Å². The zero-order valence-electron chi connectivity index (χ0n) is 11.6. The van der Waals surface area contributed by atoms with Gasteiger partial charge in [0.25, 0.3) is 0 Å². The summed E-state index contributed by atoms with van der Waals surface area (Å²) in [5, 5.41) is 2.94. The van der Waals surface area contributed by atoms with E-state index in [1.54, 1.807) is 27.1 Å². The van der Waals surface area contributed by atoms with Crippen LogP contribution in [0.25, 0.3) is 0 Å².